The van der Waals surface area contributed by atoms with Gasteiger partial charge in [-0.3, -0.25) is 4.79 Å². The van der Waals surface area contributed by atoms with E-state index in [1.165, 1.54) is 17.0 Å². The first-order chi connectivity index (χ1) is 13.5. The maximum Gasteiger partial charge on any atom is 0.342 e. The molecule has 1 N–H and O–H groups in total. The van der Waals surface area contributed by atoms with Crippen molar-refractivity contribution in [2.75, 3.05) is 24.7 Å². The van der Waals surface area contributed by atoms with Gasteiger partial charge in [-0.15, -0.1) is 0 Å². The van der Waals surface area contributed by atoms with Crippen molar-refractivity contribution in [3.05, 3.63) is 52.5 Å². The van der Waals surface area contributed by atoms with E-state index in [0.717, 1.165) is 0 Å². The first kappa shape index (κ1) is 21.3. The second kappa shape index (κ2) is 10.3. The zero-order valence-electron chi connectivity index (χ0n) is 15.2. The number of benzene rings is 2. The van der Waals surface area contributed by atoms with Crippen molar-refractivity contribution < 1.29 is 24.2 Å². The Hall–Kier alpha value is -3.05. The molecule has 0 saturated carbocycles. The number of phenols is 1. The summed E-state index contributed by atoms with van der Waals surface area (Å²) >= 11 is 3.21. The number of rotatable bonds is 8. The van der Waals surface area contributed by atoms with Gasteiger partial charge in [-0.1, -0.05) is 15.9 Å². The number of aromatic hydroxyl groups is 1. The van der Waals surface area contributed by atoms with Gasteiger partial charge in [0.1, 0.15) is 17.1 Å². The van der Waals surface area contributed by atoms with Gasteiger partial charge in [0.25, 0.3) is 5.91 Å². The number of ether oxygens (including phenoxy) is 2. The fourth-order valence-electron chi connectivity index (χ4n) is 2.40. The Labute approximate surface area is 171 Å². The van der Waals surface area contributed by atoms with E-state index in [-0.39, 0.29) is 24.3 Å². The van der Waals surface area contributed by atoms with Gasteiger partial charge >= 0.3 is 5.97 Å². The molecule has 28 heavy (non-hydrogen) atoms. The van der Waals surface area contributed by atoms with Crippen molar-refractivity contribution in [1.29, 1.82) is 5.26 Å². The smallest absolute Gasteiger partial charge is 0.342 e. The summed E-state index contributed by atoms with van der Waals surface area (Å²) in [7, 11) is 0. The van der Waals surface area contributed by atoms with E-state index in [1.54, 1.807) is 30.3 Å². The van der Waals surface area contributed by atoms with E-state index in [1.807, 2.05) is 13.0 Å². The molecule has 0 aliphatic carbocycles. The zero-order chi connectivity index (χ0) is 20.5. The van der Waals surface area contributed by atoms with Crippen molar-refractivity contribution in [3.63, 3.8) is 0 Å². The number of halogens is 1. The SMILES string of the molecule is CCOc1ccc(N(CCC#N)C(=O)COC(=O)c2cc(Br)ccc2O)cc1. The van der Waals surface area contributed by atoms with E-state index in [9.17, 15) is 14.7 Å². The van der Waals surface area contributed by atoms with Crippen molar-refractivity contribution >= 4 is 33.5 Å². The molecule has 0 unspecified atom stereocenters. The summed E-state index contributed by atoms with van der Waals surface area (Å²) in [5, 5.41) is 18.6. The molecule has 0 atom stereocenters. The summed E-state index contributed by atoms with van der Waals surface area (Å²) in [6, 6.07) is 13.2. The lowest BCUT2D eigenvalue weighted by atomic mass is 10.2. The number of anilines is 1. The molecular weight excluding hydrogens is 428 g/mol. The van der Waals surface area contributed by atoms with Gasteiger partial charge < -0.3 is 19.5 Å². The maximum absolute atomic E-state index is 12.6. The minimum absolute atomic E-state index is 0.0492. The lowest BCUT2D eigenvalue weighted by molar-refractivity contribution is -0.121. The van der Waals surface area contributed by atoms with Crippen LogP contribution in [0.3, 0.4) is 0 Å². The largest absolute Gasteiger partial charge is 0.507 e. The second-order valence-electron chi connectivity index (χ2n) is 5.62. The zero-order valence-corrected chi connectivity index (χ0v) is 16.8. The van der Waals surface area contributed by atoms with Crippen LogP contribution >= 0.6 is 15.9 Å². The third-order valence-corrected chi connectivity index (χ3v) is 4.21. The Morgan fingerprint density at radius 3 is 2.57 bits per heavy atom. The van der Waals surface area contributed by atoms with Crippen LogP contribution in [0.4, 0.5) is 5.69 Å². The van der Waals surface area contributed by atoms with Gasteiger partial charge in [-0.25, -0.2) is 4.79 Å². The van der Waals surface area contributed by atoms with Crippen LogP contribution in [0.2, 0.25) is 0 Å². The van der Waals surface area contributed by atoms with Crippen molar-refractivity contribution in [1.82, 2.24) is 0 Å². The molecule has 2 aromatic rings. The molecule has 7 nitrogen and oxygen atoms in total. The van der Waals surface area contributed by atoms with Gasteiger partial charge in [0.15, 0.2) is 6.61 Å². The normalized spacial score (nSPS) is 10.0. The molecule has 0 aliphatic heterocycles. The molecule has 0 aromatic heterocycles. The van der Waals surface area contributed by atoms with Crippen LogP contribution in [0, 0.1) is 11.3 Å². The molecule has 146 valence electrons. The molecular formula is C20H19BrN2O5. The highest BCUT2D eigenvalue weighted by atomic mass is 79.9. The predicted octanol–water partition coefficient (Wildman–Crippen LogP) is 3.66. The molecule has 1 amide bonds. The third kappa shape index (κ3) is 5.72. The quantitative estimate of drug-likeness (QED) is 0.621. The van der Waals surface area contributed by atoms with Crippen LogP contribution in [-0.2, 0) is 9.53 Å². The number of amides is 1. The van der Waals surface area contributed by atoms with Crippen LogP contribution in [0.15, 0.2) is 46.9 Å². The molecule has 0 spiro atoms. The van der Waals surface area contributed by atoms with Gasteiger partial charge in [-0.2, -0.15) is 5.26 Å². The van der Waals surface area contributed by atoms with Crippen LogP contribution in [0.1, 0.15) is 23.7 Å². The Balaban J connectivity index is 2.09. The molecule has 0 heterocycles. The van der Waals surface area contributed by atoms with E-state index in [4.69, 9.17) is 14.7 Å². The Morgan fingerprint density at radius 1 is 1.21 bits per heavy atom. The molecule has 0 bridgehead atoms. The summed E-state index contributed by atoms with van der Waals surface area (Å²) in [4.78, 5) is 26.1. The summed E-state index contributed by atoms with van der Waals surface area (Å²) < 4.78 is 11.0. The molecule has 0 saturated heterocycles. The average molecular weight is 447 g/mol. The van der Waals surface area contributed by atoms with Gasteiger partial charge in [0.05, 0.1) is 19.1 Å². The first-order valence-corrected chi connectivity index (χ1v) is 9.31. The Bertz CT molecular complexity index is 877. The van der Waals surface area contributed by atoms with Crippen LogP contribution in [0.5, 0.6) is 11.5 Å². The fraction of sp³-hybridized carbons (Fsp3) is 0.250. The maximum atomic E-state index is 12.6. The second-order valence-corrected chi connectivity index (χ2v) is 6.53. The summed E-state index contributed by atoms with van der Waals surface area (Å²) in [5.74, 6) is -0.884. The van der Waals surface area contributed by atoms with Crippen LogP contribution < -0.4 is 9.64 Å². The predicted molar refractivity (Wildman–Crippen MR) is 106 cm³/mol. The van der Waals surface area contributed by atoms with Crippen LogP contribution in [-0.4, -0.2) is 36.7 Å². The van der Waals surface area contributed by atoms with Gasteiger partial charge in [-0.05, 0) is 49.4 Å². The third-order valence-electron chi connectivity index (χ3n) is 3.71. The minimum Gasteiger partial charge on any atom is -0.507 e. The number of hydrogen-bond donors (Lipinski definition) is 1. The molecule has 8 heteroatoms. The van der Waals surface area contributed by atoms with E-state index >= 15 is 0 Å². The van der Waals surface area contributed by atoms with E-state index in [2.05, 4.69) is 15.9 Å². The highest BCUT2D eigenvalue weighted by molar-refractivity contribution is 9.10. The monoisotopic (exact) mass is 446 g/mol. The highest BCUT2D eigenvalue weighted by Gasteiger charge is 2.20. The summed E-state index contributed by atoms with van der Waals surface area (Å²) in [6.45, 7) is 2.02. The molecule has 0 fully saturated rings. The Kier molecular flexibility index (Phi) is 7.84. The molecule has 2 aromatic carbocycles. The van der Waals surface area contributed by atoms with Gasteiger partial charge in [0, 0.05) is 16.7 Å². The molecule has 2 rings (SSSR count). The summed E-state index contributed by atoms with van der Waals surface area (Å²) in [5.41, 5.74) is 0.511. The fourth-order valence-corrected chi connectivity index (χ4v) is 2.76. The van der Waals surface area contributed by atoms with E-state index < -0.39 is 18.5 Å². The number of esters is 1. The van der Waals surface area contributed by atoms with Crippen molar-refractivity contribution in [2.45, 2.75) is 13.3 Å². The van der Waals surface area contributed by atoms with Crippen LogP contribution in [0.25, 0.3) is 0 Å². The van der Waals surface area contributed by atoms with E-state index in [0.29, 0.717) is 22.5 Å². The van der Waals surface area contributed by atoms with Gasteiger partial charge in [0.2, 0.25) is 0 Å². The number of carbonyl (C=O) groups excluding carboxylic acids is 2. The standard InChI is InChI=1S/C20H19BrN2O5/c1-2-27-16-7-5-15(6-8-16)23(11-3-10-22)19(25)13-28-20(26)17-12-14(21)4-9-18(17)24/h4-9,12,24H,2-3,11,13H2,1H3. The van der Waals surface area contributed by atoms with Crippen molar-refractivity contribution in [3.8, 4) is 17.6 Å². The highest BCUT2D eigenvalue weighted by Crippen LogP contribution is 2.23. The Morgan fingerprint density at radius 2 is 1.93 bits per heavy atom. The minimum atomic E-state index is -0.820. The average Bonchev–Trinajstić information content (AvgIpc) is 2.69. The number of phenolic OH excluding ortho intramolecular Hbond substituents is 1. The molecule has 0 aliphatic rings. The number of carbonyl (C=O) groups is 2. The molecule has 0 radical (unpaired) electrons. The lowest BCUT2D eigenvalue weighted by Crippen LogP contribution is -2.35. The number of nitriles is 1. The topological polar surface area (TPSA) is 99.9 Å². The first-order valence-electron chi connectivity index (χ1n) is 8.52. The van der Waals surface area contributed by atoms with Crippen molar-refractivity contribution in [2.24, 2.45) is 0 Å². The summed E-state index contributed by atoms with van der Waals surface area (Å²) in [6.07, 6.45) is 0.124. The lowest BCUT2D eigenvalue weighted by Gasteiger charge is -2.22. The number of nitrogens with zero attached hydrogens (tertiary/aromatic N) is 2. The number of hydrogen-bond acceptors (Lipinski definition) is 6.